The van der Waals surface area contributed by atoms with Crippen LogP contribution in [0, 0.1) is 0 Å². The van der Waals surface area contributed by atoms with Crippen LogP contribution in [0.1, 0.15) is 11.7 Å². The van der Waals surface area contributed by atoms with Crippen molar-refractivity contribution in [3.05, 3.63) is 35.9 Å². The second kappa shape index (κ2) is 4.32. The van der Waals surface area contributed by atoms with Crippen LogP contribution in [0.2, 0.25) is 0 Å². The molecule has 0 aliphatic rings. The van der Waals surface area contributed by atoms with E-state index in [1.807, 2.05) is 0 Å². The highest BCUT2D eigenvalue weighted by Crippen LogP contribution is 2.23. The van der Waals surface area contributed by atoms with Crippen LogP contribution in [0.5, 0.6) is 0 Å². The molecule has 4 heteroatoms. The van der Waals surface area contributed by atoms with Crippen LogP contribution in [-0.2, 0) is 4.79 Å². The van der Waals surface area contributed by atoms with Crippen LogP contribution in [0.25, 0.3) is 0 Å². The summed E-state index contributed by atoms with van der Waals surface area (Å²) in [7, 11) is 0. The van der Waals surface area contributed by atoms with Gasteiger partial charge in [0.1, 0.15) is 6.10 Å². The van der Waals surface area contributed by atoms with Crippen molar-refractivity contribution in [2.24, 2.45) is 0 Å². The van der Waals surface area contributed by atoms with E-state index in [1.165, 1.54) is 0 Å². The van der Waals surface area contributed by atoms with Gasteiger partial charge in [-0.15, -0.1) is 0 Å². The van der Waals surface area contributed by atoms with Gasteiger partial charge in [0.25, 0.3) is 0 Å². The maximum atomic E-state index is 10.5. The summed E-state index contributed by atoms with van der Waals surface area (Å²) in [6, 6.07) is 8.21. The third-order valence-corrected chi connectivity index (χ3v) is 2.05. The molecule has 14 heavy (non-hydrogen) atoms. The van der Waals surface area contributed by atoms with E-state index in [0.29, 0.717) is 5.56 Å². The van der Waals surface area contributed by atoms with E-state index in [2.05, 4.69) is 0 Å². The van der Waals surface area contributed by atoms with Gasteiger partial charge in [-0.3, -0.25) is 4.79 Å². The zero-order chi connectivity index (χ0) is 10.6. The minimum Gasteiger partial charge on any atom is -0.393 e. The molecule has 2 atom stereocenters. The standard InChI is InChI=1S/C10H12O4/c11-6-10(14,7-12)9(13)8-4-2-1-3-5-8/h1-6,9,12-14H,7H2. The first-order valence-electron chi connectivity index (χ1n) is 4.16. The largest absolute Gasteiger partial charge is 0.393 e. The van der Waals surface area contributed by atoms with Gasteiger partial charge < -0.3 is 15.3 Å². The molecule has 0 aromatic heterocycles. The second-order valence-corrected chi connectivity index (χ2v) is 3.08. The number of aldehydes is 1. The Balaban J connectivity index is 2.94. The van der Waals surface area contributed by atoms with Crippen molar-refractivity contribution in [3.63, 3.8) is 0 Å². The van der Waals surface area contributed by atoms with Crippen LogP contribution in [0.3, 0.4) is 0 Å². The van der Waals surface area contributed by atoms with Crippen molar-refractivity contribution < 1.29 is 20.1 Å². The van der Waals surface area contributed by atoms with E-state index in [-0.39, 0.29) is 6.29 Å². The Morgan fingerprint density at radius 3 is 2.36 bits per heavy atom. The fourth-order valence-corrected chi connectivity index (χ4v) is 1.11. The minimum absolute atomic E-state index is 0.144. The van der Waals surface area contributed by atoms with Crippen LogP contribution in [-0.4, -0.2) is 33.8 Å². The molecule has 1 aromatic rings. The smallest absolute Gasteiger partial charge is 0.172 e. The summed E-state index contributed by atoms with van der Waals surface area (Å²) in [5.74, 6) is 0. The van der Waals surface area contributed by atoms with Crippen molar-refractivity contribution in [2.45, 2.75) is 11.7 Å². The molecule has 4 nitrogen and oxygen atoms in total. The number of aliphatic hydroxyl groups is 3. The summed E-state index contributed by atoms with van der Waals surface area (Å²) >= 11 is 0. The average Bonchev–Trinajstić information content (AvgIpc) is 2.28. The molecule has 0 spiro atoms. The summed E-state index contributed by atoms with van der Waals surface area (Å²) in [5.41, 5.74) is -1.74. The van der Waals surface area contributed by atoms with Gasteiger partial charge >= 0.3 is 0 Å². The van der Waals surface area contributed by atoms with Gasteiger partial charge in [-0.25, -0.2) is 0 Å². The average molecular weight is 196 g/mol. The summed E-state index contributed by atoms with van der Waals surface area (Å²) in [5, 5.41) is 27.9. The lowest BCUT2D eigenvalue weighted by Crippen LogP contribution is -2.41. The first-order valence-corrected chi connectivity index (χ1v) is 4.16. The fraction of sp³-hybridized carbons (Fsp3) is 0.300. The maximum Gasteiger partial charge on any atom is 0.172 e. The molecule has 76 valence electrons. The Bertz CT molecular complexity index is 298. The van der Waals surface area contributed by atoms with Crippen molar-refractivity contribution in [2.75, 3.05) is 6.61 Å². The Morgan fingerprint density at radius 2 is 1.93 bits per heavy atom. The molecule has 0 fully saturated rings. The van der Waals surface area contributed by atoms with E-state index in [1.54, 1.807) is 30.3 Å². The van der Waals surface area contributed by atoms with Crippen LogP contribution < -0.4 is 0 Å². The van der Waals surface area contributed by atoms with Crippen molar-refractivity contribution in [3.8, 4) is 0 Å². The fourth-order valence-electron chi connectivity index (χ4n) is 1.11. The third-order valence-electron chi connectivity index (χ3n) is 2.05. The third kappa shape index (κ3) is 1.98. The lowest BCUT2D eigenvalue weighted by molar-refractivity contribution is -0.145. The van der Waals surface area contributed by atoms with Gasteiger partial charge in [0.2, 0.25) is 0 Å². The number of benzene rings is 1. The molecule has 0 amide bonds. The molecule has 0 radical (unpaired) electrons. The Labute approximate surface area is 81.4 Å². The summed E-state index contributed by atoms with van der Waals surface area (Å²) < 4.78 is 0. The molecule has 0 bridgehead atoms. The van der Waals surface area contributed by atoms with Crippen molar-refractivity contribution in [1.82, 2.24) is 0 Å². The molecule has 0 heterocycles. The molecule has 0 aliphatic carbocycles. The van der Waals surface area contributed by atoms with E-state index in [0.717, 1.165) is 0 Å². The zero-order valence-corrected chi connectivity index (χ0v) is 7.50. The normalized spacial score (nSPS) is 17.1. The highest BCUT2D eigenvalue weighted by Gasteiger charge is 2.35. The number of rotatable bonds is 4. The van der Waals surface area contributed by atoms with Gasteiger partial charge in [-0.2, -0.15) is 0 Å². The van der Waals surface area contributed by atoms with Gasteiger partial charge in [-0.05, 0) is 5.56 Å². The number of aliphatic hydroxyl groups excluding tert-OH is 2. The summed E-state index contributed by atoms with van der Waals surface area (Å²) in [6.45, 7) is -0.813. The van der Waals surface area contributed by atoms with Crippen LogP contribution in [0.4, 0.5) is 0 Å². The summed E-state index contributed by atoms with van der Waals surface area (Å²) in [6.07, 6.45) is -1.27. The number of hydrogen-bond acceptors (Lipinski definition) is 4. The topological polar surface area (TPSA) is 77.8 Å². The van der Waals surface area contributed by atoms with E-state index in [9.17, 15) is 15.0 Å². The molecule has 0 aliphatic heterocycles. The zero-order valence-electron chi connectivity index (χ0n) is 7.50. The molecule has 0 saturated heterocycles. The van der Waals surface area contributed by atoms with E-state index >= 15 is 0 Å². The van der Waals surface area contributed by atoms with Crippen LogP contribution in [0.15, 0.2) is 30.3 Å². The van der Waals surface area contributed by atoms with Gasteiger partial charge in [0.05, 0.1) is 6.61 Å². The second-order valence-electron chi connectivity index (χ2n) is 3.08. The predicted octanol–water partition coefficient (Wildman–Crippen LogP) is -0.358. The molecular weight excluding hydrogens is 184 g/mol. The Morgan fingerprint density at radius 1 is 1.36 bits per heavy atom. The Kier molecular flexibility index (Phi) is 3.35. The van der Waals surface area contributed by atoms with E-state index in [4.69, 9.17) is 5.11 Å². The predicted molar refractivity (Wildman–Crippen MR) is 49.5 cm³/mol. The summed E-state index contributed by atoms with van der Waals surface area (Å²) in [4.78, 5) is 10.5. The first kappa shape index (κ1) is 10.8. The van der Waals surface area contributed by atoms with Crippen molar-refractivity contribution >= 4 is 6.29 Å². The monoisotopic (exact) mass is 196 g/mol. The number of hydrogen-bond donors (Lipinski definition) is 3. The molecule has 0 saturated carbocycles. The van der Waals surface area contributed by atoms with Crippen LogP contribution >= 0.6 is 0 Å². The molecular formula is C10H12O4. The highest BCUT2D eigenvalue weighted by molar-refractivity contribution is 5.64. The molecule has 2 unspecified atom stereocenters. The molecule has 1 rings (SSSR count). The first-order chi connectivity index (χ1) is 6.64. The highest BCUT2D eigenvalue weighted by atomic mass is 16.4. The Hall–Kier alpha value is -1.23. The maximum absolute atomic E-state index is 10.5. The minimum atomic E-state index is -2.12. The number of carbonyl (C=O) groups excluding carboxylic acids is 1. The van der Waals surface area contributed by atoms with E-state index < -0.39 is 18.3 Å². The lowest BCUT2D eigenvalue weighted by atomic mass is 9.93. The molecule has 3 N–H and O–H groups in total. The van der Waals surface area contributed by atoms with Gasteiger partial charge in [-0.1, -0.05) is 30.3 Å². The van der Waals surface area contributed by atoms with Crippen molar-refractivity contribution in [1.29, 1.82) is 0 Å². The number of carbonyl (C=O) groups is 1. The molecule has 1 aromatic carbocycles. The SMILES string of the molecule is O=CC(O)(CO)C(O)c1ccccc1. The lowest BCUT2D eigenvalue weighted by Gasteiger charge is -2.25. The quantitative estimate of drug-likeness (QED) is 0.575. The van der Waals surface area contributed by atoms with Gasteiger partial charge in [0, 0.05) is 0 Å². The van der Waals surface area contributed by atoms with Gasteiger partial charge in [0.15, 0.2) is 11.9 Å².